The average molecular weight is 288 g/mol. The van der Waals surface area contributed by atoms with Crippen LogP contribution in [0.15, 0.2) is 22.7 Å². The third-order valence-corrected chi connectivity index (χ3v) is 3.27. The molecule has 0 bridgehead atoms. The zero-order valence-corrected chi connectivity index (χ0v) is 10.8. The molecular formula is C12H15BrFNO. The molecule has 1 aromatic carbocycles. The lowest BCUT2D eigenvalue weighted by Gasteiger charge is -2.28. The molecule has 2 rings (SSSR count). The van der Waals surface area contributed by atoms with Crippen molar-refractivity contribution in [2.24, 2.45) is 0 Å². The first-order chi connectivity index (χ1) is 7.65. The van der Waals surface area contributed by atoms with E-state index in [9.17, 15) is 4.39 Å². The van der Waals surface area contributed by atoms with E-state index in [2.05, 4.69) is 21.2 Å². The molecule has 4 heteroatoms. The van der Waals surface area contributed by atoms with Gasteiger partial charge in [-0.3, -0.25) is 0 Å². The van der Waals surface area contributed by atoms with Crippen LogP contribution in [0.4, 0.5) is 10.1 Å². The Morgan fingerprint density at radius 3 is 3.00 bits per heavy atom. The molecule has 0 amide bonds. The van der Waals surface area contributed by atoms with Gasteiger partial charge in [0, 0.05) is 17.1 Å². The SMILES string of the molecule is CC1CC(Nc2ccc(Br)cc2F)CCO1. The summed E-state index contributed by atoms with van der Waals surface area (Å²) in [6.45, 7) is 2.79. The molecular weight excluding hydrogens is 273 g/mol. The Kier molecular flexibility index (Phi) is 3.82. The molecule has 88 valence electrons. The van der Waals surface area contributed by atoms with E-state index in [0.717, 1.165) is 23.9 Å². The van der Waals surface area contributed by atoms with Gasteiger partial charge >= 0.3 is 0 Å². The van der Waals surface area contributed by atoms with Crippen LogP contribution in [-0.4, -0.2) is 18.8 Å². The van der Waals surface area contributed by atoms with Gasteiger partial charge in [0.1, 0.15) is 5.82 Å². The number of rotatable bonds is 2. The molecule has 16 heavy (non-hydrogen) atoms. The third-order valence-electron chi connectivity index (χ3n) is 2.78. The van der Waals surface area contributed by atoms with Crippen molar-refractivity contribution in [2.75, 3.05) is 11.9 Å². The number of ether oxygens (including phenoxy) is 1. The van der Waals surface area contributed by atoms with Crippen molar-refractivity contribution in [1.82, 2.24) is 0 Å². The number of anilines is 1. The summed E-state index contributed by atoms with van der Waals surface area (Å²) in [6, 6.07) is 5.39. The van der Waals surface area contributed by atoms with Crippen molar-refractivity contribution in [2.45, 2.75) is 31.9 Å². The molecule has 0 aromatic heterocycles. The van der Waals surface area contributed by atoms with Gasteiger partial charge in [-0.25, -0.2) is 4.39 Å². The summed E-state index contributed by atoms with van der Waals surface area (Å²) in [4.78, 5) is 0. The van der Waals surface area contributed by atoms with Crippen LogP contribution in [0.25, 0.3) is 0 Å². The number of nitrogens with one attached hydrogen (secondary N) is 1. The average Bonchev–Trinajstić information content (AvgIpc) is 2.22. The molecule has 0 spiro atoms. The number of hydrogen-bond acceptors (Lipinski definition) is 2. The monoisotopic (exact) mass is 287 g/mol. The molecule has 2 unspecified atom stereocenters. The van der Waals surface area contributed by atoms with Gasteiger partial charge in [-0.15, -0.1) is 0 Å². The van der Waals surface area contributed by atoms with Gasteiger partial charge < -0.3 is 10.1 Å². The predicted molar refractivity (Wildman–Crippen MR) is 66.2 cm³/mol. The van der Waals surface area contributed by atoms with Crippen LogP contribution in [0, 0.1) is 5.82 Å². The van der Waals surface area contributed by atoms with Crippen LogP contribution in [0.2, 0.25) is 0 Å². The van der Waals surface area contributed by atoms with Crippen molar-refractivity contribution in [3.05, 3.63) is 28.5 Å². The van der Waals surface area contributed by atoms with Gasteiger partial charge in [-0.2, -0.15) is 0 Å². The number of halogens is 2. The zero-order chi connectivity index (χ0) is 11.5. The van der Waals surface area contributed by atoms with Crippen LogP contribution in [-0.2, 0) is 4.74 Å². The van der Waals surface area contributed by atoms with E-state index >= 15 is 0 Å². The lowest BCUT2D eigenvalue weighted by atomic mass is 10.0. The molecule has 1 aliphatic heterocycles. The van der Waals surface area contributed by atoms with Crippen molar-refractivity contribution >= 4 is 21.6 Å². The second-order valence-corrected chi connectivity index (χ2v) is 5.09. The van der Waals surface area contributed by atoms with E-state index in [4.69, 9.17) is 4.74 Å². The highest BCUT2D eigenvalue weighted by Crippen LogP contribution is 2.23. The quantitative estimate of drug-likeness (QED) is 0.898. The fourth-order valence-corrected chi connectivity index (χ4v) is 2.29. The summed E-state index contributed by atoms with van der Waals surface area (Å²) >= 11 is 3.24. The van der Waals surface area contributed by atoms with Gasteiger partial charge in [0.15, 0.2) is 0 Å². The smallest absolute Gasteiger partial charge is 0.147 e. The normalized spacial score (nSPS) is 25.4. The molecule has 0 saturated carbocycles. The molecule has 1 heterocycles. The first kappa shape index (κ1) is 11.9. The molecule has 0 aliphatic carbocycles. The number of hydrogen-bond donors (Lipinski definition) is 1. The Hall–Kier alpha value is -0.610. The lowest BCUT2D eigenvalue weighted by molar-refractivity contribution is 0.0232. The minimum atomic E-state index is -0.214. The largest absolute Gasteiger partial charge is 0.380 e. The van der Waals surface area contributed by atoms with Gasteiger partial charge in [0.2, 0.25) is 0 Å². The van der Waals surface area contributed by atoms with Crippen molar-refractivity contribution in [3.8, 4) is 0 Å². The molecule has 2 atom stereocenters. The highest BCUT2D eigenvalue weighted by molar-refractivity contribution is 9.10. The Morgan fingerprint density at radius 1 is 1.50 bits per heavy atom. The highest BCUT2D eigenvalue weighted by atomic mass is 79.9. The summed E-state index contributed by atoms with van der Waals surface area (Å²) in [5, 5.41) is 3.23. The van der Waals surface area contributed by atoms with Crippen LogP contribution in [0.1, 0.15) is 19.8 Å². The van der Waals surface area contributed by atoms with Crippen molar-refractivity contribution in [1.29, 1.82) is 0 Å². The summed E-state index contributed by atoms with van der Waals surface area (Å²) < 4.78 is 19.8. The van der Waals surface area contributed by atoms with Crippen LogP contribution >= 0.6 is 15.9 Å². The van der Waals surface area contributed by atoms with Crippen LogP contribution in [0.3, 0.4) is 0 Å². The third kappa shape index (κ3) is 2.95. The van der Waals surface area contributed by atoms with Crippen LogP contribution in [0.5, 0.6) is 0 Å². The lowest BCUT2D eigenvalue weighted by Crippen LogP contribution is -2.32. The first-order valence-electron chi connectivity index (χ1n) is 5.48. The maximum absolute atomic E-state index is 13.6. The second-order valence-electron chi connectivity index (χ2n) is 4.17. The minimum absolute atomic E-state index is 0.214. The van der Waals surface area contributed by atoms with E-state index in [0.29, 0.717) is 11.7 Å². The Balaban J connectivity index is 2.02. The van der Waals surface area contributed by atoms with E-state index < -0.39 is 0 Å². The van der Waals surface area contributed by atoms with E-state index in [1.807, 2.05) is 13.0 Å². The predicted octanol–water partition coefficient (Wildman–Crippen LogP) is 3.57. The topological polar surface area (TPSA) is 21.3 Å². The highest BCUT2D eigenvalue weighted by Gasteiger charge is 2.19. The van der Waals surface area contributed by atoms with Crippen molar-refractivity contribution in [3.63, 3.8) is 0 Å². The van der Waals surface area contributed by atoms with E-state index in [-0.39, 0.29) is 11.9 Å². The fourth-order valence-electron chi connectivity index (χ4n) is 1.96. The maximum atomic E-state index is 13.6. The standard InChI is InChI=1S/C12H15BrFNO/c1-8-6-10(4-5-16-8)15-12-3-2-9(13)7-11(12)14/h2-3,7-8,10,15H,4-6H2,1H3. The minimum Gasteiger partial charge on any atom is -0.380 e. The summed E-state index contributed by atoms with van der Waals surface area (Å²) in [7, 11) is 0. The molecule has 0 radical (unpaired) electrons. The van der Waals surface area contributed by atoms with Gasteiger partial charge in [0.05, 0.1) is 11.8 Å². The molecule has 2 nitrogen and oxygen atoms in total. The Labute approximate surface area is 103 Å². The summed E-state index contributed by atoms with van der Waals surface area (Å²) in [5.74, 6) is -0.214. The van der Waals surface area contributed by atoms with Gasteiger partial charge in [0.25, 0.3) is 0 Å². The molecule has 1 aromatic rings. The van der Waals surface area contributed by atoms with Gasteiger partial charge in [-0.1, -0.05) is 15.9 Å². The molecule has 1 aliphatic rings. The van der Waals surface area contributed by atoms with Crippen LogP contribution < -0.4 is 5.32 Å². The van der Waals surface area contributed by atoms with Crippen molar-refractivity contribution < 1.29 is 9.13 Å². The van der Waals surface area contributed by atoms with E-state index in [1.165, 1.54) is 6.07 Å². The van der Waals surface area contributed by atoms with Gasteiger partial charge in [-0.05, 0) is 38.0 Å². The molecule has 1 saturated heterocycles. The van der Waals surface area contributed by atoms with E-state index in [1.54, 1.807) is 6.07 Å². The second kappa shape index (κ2) is 5.15. The zero-order valence-electron chi connectivity index (χ0n) is 9.17. The summed E-state index contributed by atoms with van der Waals surface area (Å²) in [6.07, 6.45) is 2.11. The Morgan fingerprint density at radius 2 is 2.31 bits per heavy atom. The maximum Gasteiger partial charge on any atom is 0.147 e. The molecule has 1 fully saturated rings. The fraction of sp³-hybridized carbons (Fsp3) is 0.500. The summed E-state index contributed by atoms with van der Waals surface area (Å²) in [5.41, 5.74) is 0.572. The molecule has 1 N–H and O–H groups in total. The number of benzene rings is 1. The Bertz CT molecular complexity index is 372. The first-order valence-corrected chi connectivity index (χ1v) is 6.27.